The summed E-state index contributed by atoms with van der Waals surface area (Å²) in [7, 11) is 1.49. The standard InChI is InChI=1S/C14H18N4O3/c1-10(15)3-12-8-17(9-16-12)7-11-4-13(18(19)20)6-14(5-11)21-2/h4-6,8-10H,3,7,15H2,1-2H3. The van der Waals surface area contributed by atoms with Crippen LogP contribution < -0.4 is 10.5 Å². The van der Waals surface area contributed by atoms with Crippen molar-refractivity contribution in [3.8, 4) is 5.75 Å². The molecule has 2 N–H and O–H groups in total. The normalized spacial score (nSPS) is 12.1. The van der Waals surface area contributed by atoms with Gasteiger partial charge in [-0.25, -0.2) is 4.98 Å². The van der Waals surface area contributed by atoms with Crippen molar-refractivity contribution in [3.05, 3.63) is 52.1 Å². The number of nitrogens with zero attached hydrogens (tertiary/aromatic N) is 3. The zero-order valence-electron chi connectivity index (χ0n) is 12.0. The van der Waals surface area contributed by atoms with Gasteiger partial charge in [-0.3, -0.25) is 10.1 Å². The molecule has 2 rings (SSSR count). The number of aromatic nitrogens is 2. The van der Waals surface area contributed by atoms with E-state index in [2.05, 4.69) is 4.98 Å². The second-order valence-corrected chi connectivity index (χ2v) is 5.02. The van der Waals surface area contributed by atoms with Gasteiger partial charge in [0.25, 0.3) is 5.69 Å². The van der Waals surface area contributed by atoms with E-state index in [0.717, 1.165) is 11.3 Å². The van der Waals surface area contributed by atoms with Crippen molar-refractivity contribution < 1.29 is 9.66 Å². The van der Waals surface area contributed by atoms with Crippen LogP contribution in [0.5, 0.6) is 5.75 Å². The SMILES string of the molecule is COc1cc(Cn2cnc(CC(C)N)c2)cc([N+](=O)[O-])c1. The highest BCUT2D eigenvalue weighted by molar-refractivity contribution is 5.42. The zero-order chi connectivity index (χ0) is 15.4. The largest absolute Gasteiger partial charge is 0.496 e. The Balaban J connectivity index is 2.20. The highest BCUT2D eigenvalue weighted by Gasteiger charge is 2.11. The molecule has 1 heterocycles. The number of nitrogens with two attached hydrogens (primary N) is 1. The van der Waals surface area contributed by atoms with E-state index in [-0.39, 0.29) is 11.7 Å². The zero-order valence-corrected chi connectivity index (χ0v) is 12.0. The lowest BCUT2D eigenvalue weighted by molar-refractivity contribution is -0.385. The van der Waals surface area contributed by atoms with Crippen LogP contribution in [0.4, 0.5) is 5.69 Å². The molecule has 7 nitrogen and oxygen atoms in total. The first kappa shape index (κ1) is 15.0. The molecule has 1 unspecified atom stereocenters. The van der Waals surface area contributed by atoms with Crippen molar-refractivity contribution in [1.29, 1.82) is 0 Å². The van der Waals surface area contributed by atoms with Crippen LogP contribution in [-0.4, -0.2) is 27.6 Å². The molecule has 0 radical (unpaired) electrons. The molecule has 7 heteroatoms. The van der Waals surface area contributed by atoms with E-state index in [1.54, 1.807) is 12.4 Å². The van der Waals surface area contributed by atoms with E-state index in [9.17, 15) is 10.1 Å². The monoisotopic (exact) mass is 290 g/mol. The lowest BCUT2D eigenvalue weighted by Gasteiger charge is -2.06. The molecule has 1 aromatic heterocycles. The molecular formula is C14H18N4O3. The molecule has 0 bridgehead atoms. The Morgan fingerprint density at radius 1 is 1.48 bits per heavy atom. The van der Waals surface area contributed by atoms with Crippen LogP contribution in [0.3, 0.4) is 0 Å². The van der Waals surface area contributed by atoms with E-state index >= 15 is 0 Å². The summed E-state index contributed by atoms with van der Waals surface area (Å²) in [6.45, 7) is 2.41. The van der Waals surface area contributed by atoms with E-state index in [0.29, 0.717) is 18.7 Å². The minimum atomic E-state index is -0.429. The summed E-state index contributed by atoms with van der Waals surface area (Å²) >= 11 is 0. The van der Waals surface area contributed by atoms with Crippen LogP contribution in [0, 0.1) is 10.1 Å². The van der Waals surface area contributed by atoms with E-state index in [1.807, 2.05) is 17.7 Å². The van der Waals surface area contributed by atoms with Crippen molar-refractivity contribution in [3.63, 3.8) is 0 Å². The fourth-order valence-electron chi connectivity index (χ4n) is 2.10. The Morgan fingerprint density at radius 3 is 2.86 bits per heavy atom. The molecule has 0 fully saturated rings. The van der Waals surface area contributed by atoms with Gasteiger partial charge in [0.05, 0.1) is 30.1 Å². The van der Waals surface area contributed by atoms with Gasteiger partial charge in [-0.2, -0.15) is 0 Å². The first-order chi connectivity index (χ1) is 9.97. The molecule has 0 aliphatic carbocycles. The number of nitro benzene ring substituents is 1. The third-order valence-electron chi connectivity index (χ3n) is 2.98. The highest BCUT2D eigenvalue weighted by atomic mass is 16.6. The van der Waals surface area contributed by atoms with Gasteiger partial charge in [0, 0.05) is 31.3 Å². The Morgan fingerprint density at radius 2 is 2.24 bits per heavy atom. The third kappa shape index (κ3) is 4.03. The Hall–Kier alpha value is -2.41. The summed E-state index contributed by atoms with van der Waals surface area (Å²) in [5.41, 5.74) is 7.44. The van der Waals surface area contributed by atoms with E-state index in [4.69, 9.17) is 10.5 Å². The number of methoxy groups -OCH3 is 1. The maximum Gasteiger partial charge on any atom is 0.273 e. The van der Waals surface area contributed by atoms with Gasteiger partial charge in [0.15, 0.2) is 0 Å². The van der Waals surface area contributed by atoms with Gasteiger partial charge in [0.1, 0.15) is 5.75 Å². The maximum atomic E-state index is 10.9. The molecular weight excluding hydrogens is 272 g/mol. The number of imidazole rings is 1. The molecule has 0 aliphatic heterocycles. The number of benzene rings is 1. The number of hydrogen-bond donors (Lipinski definition) is 1. The fraction of sp³-hybridized carbons (Fsp3) is 0.357. The summed E-state index contributed by atoms with van der Waals surface area (Å²) in [6.07, 6.45) is 4.29. The van der Waals surface area contributed by atoms with Gasteiger partial charge in [-0.05, 0) is 18.6 Å². The second kappa shape index (κ2) is 6.36. The van der Waals surface area contributed by atoms with Crippen LogP contribution in [-0.2, 0) is 13.0 Å². The van der Waals surface area contributed by atoms with Crippen molar-refractivity contribution in [2.75, 3.05) is 7.11 Å². The Bertz CT molecular complexity index is 637. The summed E-state index contributed by atoms with van der Waals surface area (Å²) < 4.78 is 6.97. The van der Waals surface area contributed by atoms with Gasteiger partial charge < -0.3 is 15.0 Å². The van der Waals surface area contributed by atoms with Crippen molar-refractivity contribution in [2.24, 2.45) is 5.73 Å². The molecule has 1 aromatic carbocycles. The van der Waals surface area contributed by atoms with Crippen molar-refractivity contribution in [2.45, 2.75) is 25.9 Å². The van der Waals surface area contributed by atoms with Gasteiger partial charge in [-0.15, -0.1) is 0 Å². The molecule has 112 valence electrons. The second-order valence-electron chi connectivity index (χ2n) is 5.02. The summed E-state index contributed by atoms with van der Waals surface area (Å²) in [5.74, 6) is 0.468. The molecule has 1 atom stereocenters. The lowest BCUT2D eigenvalue weighted by atomic mass is 10.2. The van der Waals surface area contributed by atoms with Crippen LogP contribution in [0.1, 0.15) is 18.2 Å². The van der Waals surface area contributed by atoms with Crippen molar-refractivity contribution in [1.82, 2.24) is 9.55 Å². The minimum Gasteiger partial charge on any atom is -0.496 e. The third-order valence-corrected chi connectivity index (χ3v) is 2.98. The molecule has 0 saturated carbocycles. The summed E-state index contributed by atoms with van der Waals surface area (Å²) in [5, 5.41) is 10.9. The molecule has 0 aliphatic rings. The van der Waals surface area contributed by atoms with Crippen LogP contribution in [0.2, 0.25) is 0 Å². The van der Waals surface area contributed by atoms with E-state index < -0.39 is 4.92 Å². The molecule has 0 spiro atoms. The number of non-ortho nitro benzene ring substituents is 1. The number of ether oxygens (including phenoxy) is 1. The number of rotatable bonds is 6. The van der Waals surface area contributed by atoms with E-state index in [1.165, 1.54) is 19.2 Å². The smallest absolute Gasteiger partial charge is 0.273 e. The molecule has 0 amide bonds. The number of nitro groups is 1. The first-order valence-electron chi connectivity index (χ1n) is 6.56. The summed E-state index contributed by atoms with van der Waals surface area (Å²) in [4.78, 5) is 14.8. The molecule has 21 heavy (non-hydrogen) atoms. The van der Waals surface area contributed by atoms with Gasteiger partial charge >= 0.3 is 0 Å². The summed E-state index contributed by atoms with van der Waals surface area (Å²) in [6, 6.07) is 4.76. The highest BCUT2D eigenvalue weighted by Crippen LogP contribution is 2.23. The Kier molecular flexibility index (Phi) is 4.54. The number of hydrogen-bond acceptors (Lipinski definition) is 5. The average molecular weight is 290 g/mol. The van der Waals surface area contributed by atoms with Crippen LogP contribution in [0.15, 0.2) is 30.7 Å². The predicted molar refractivity (Wildman–Crippen MR) is 78.3 cm³/mol. The maximum absolute atomic E-state index is 10.9. The van der Waals surface area contributed by atoms with Gasteiger partial charge in [-0.1, -0.05) is 0 Å². The van der Waals surface area contributed by atoms with Crippen molar-refractivity contribution >= 4 is 5.69 Å². The van der Waals surface area contributed by atoms with Gasteiger partial charge in [0.2, 0.25) is 0 Å². The van der Waals surface area contributed by atoms with Crippen LogP contribution in [0.25, 0.3) is 0 Å². The minimum absolute atomic E-state index is 0.0141. The quantitative estimate of drug-likeness (QED) is 0.645. The predicted octanol–water partition coefficient (Wildman–Crippen LogP) is 1.74. The fourth-order valence-corrected chi connectivity index (χ4v) is 2.10. The van der Waals surface area contributed by atoms with Crippen LogP contribution >= 0.6 is 0 Å². The molecule has 2 aromatic rings. The topological polar surface area (TPSA) is 96.2 Å². The lowest BCUT2D eigenvalue weighted by Crippen LogP contribution is -2.17. The first-order valence-corrected chi connectivity index (χ1v) is 6.56. The average Bonchev–Trinajstić information content (AvgIpc) is 2.84. The Labute approximate surface area is 122 Å². The molecule has 0 saturated heterocycles.